The molecule has 0 amide bonds. The van der Waals surface area contributed by atoms with Gasteiger partial charge in [-0.1, -0.05) is 44.2 Å². The van der Waals surface area contributed by atoms with Crippen molar-refractivity contribution in [2.24, 2.45) is 5.92 Å². The summed E-state index contributed by atoms with van der Waals surface area (Å²) in [6.07, 6.45) is 0. The smallest absolute Gasteiger partial charge is 0.148 e. The van der Waals surface area contributed by atoms with E-state index in [4.69, 9.17) is 9.47 Å². The highest BCUT2D eigenvalue weighted by Gasteiger charge is 2.32. The third kappa shape index (κ3) is 4.25. The molecule has 1 atom stereocenters. The number of carboxylic acids is 1. The summed E-state index contributed by atoms with van der Waals surface area (Å²) < 4.78 is 11.3. The first-order valence-corrected chi connectivity index (χ1v) is 7.59. The molecular formula is C19H21O4-. The molecule has 4 nitrogen and oxygen atoms in total. The molecular weight excluding hydrogens is 292 g/mol. The number of rotatable bonds is 7. The third-order valence-electron chi connectivity index (χ3n) is 3.91. The van der Waals surface area contributed by atoms with Crippen LogP contribution in [0.1, 0.15) is 26.3 Å². The minimum atomic E-state index is -1.37. The lowest BCUT2D eigenvalue weighted by molar-refractivity contribution is -0.324. The Balaban J connectivity index is 2.00. The number of hydrogen-bond acceptors (Lipinski definition) is 4. The molecule has 2 aromatic rings. The molecule has 0 aliphatic heterocycles. The molecule has 0 saturated heterocycles. The molecule has 0 aromatic heterocycles. The highest BCUT2D eigenvalue weighted by Crippen LogP contribution is 2.26. The van der Waals surface area contributed by atoms with Crippen molar-refractivity contribution in [1.29, 1.82) is 0 Å². The van der Waals surface area contributed by atoms with Crippen LogP contribution in [0.15, 0.2) is 54.6 Å². The Hall–Kier alpha value is -2.49. The predicted molar refractivity (Wildman–Crippen MR) is 86.1 cm³/mol. The summed E-state index contributed by atoms with van der Waals surface area (Å²) in [5, 5.41) is 11.3. The maximum Gasteiger partial charge on any atom is 0.148 e. The predicted octanol–water partition coefficient (Wildman–Crippen LogP) is 2.81. The second-order valence-corrected chi connectivity index (χ2v) is 5.90. The van der Waals surface area contributed by atoms with Gasteiger partial charge < -0.3 is 19.4 Å². The van der Waals surface area contributed by atoms with Crippen LogP contribution in [0.25, 0.3) is 0 Å². The zero-order valence-electron chi connectivity index (χ0n) is 13.6. The maximum absolute atomic E-state index is 11.3. The van der Waals surface area contributed by atoms with Crippen molar-refractivity contribution in [3.8, 4) is 11.5 Å². The summed E-state index contributed by atoms with van der Waals surface area (Å²) in [6.45, 7) is 5.57. The van der Waals surface area contributed by atoms with E-state index in [1.165, 1.54) is 6.92 Å². The van der Waals surface area contributed by atoms with Gasteiger partial charge in [-0.25, -0.2) is 0 Å². The van der Waals surface area contributed by atoms with Gasteiger partial charge in [0.25, 0.3) is 0 Å². The lowest BCUT2D eigenvalue weighted by atomic mass is 9.92. The number of ether oxygens (including phenoxy) is 2. The van der Waals surface area contributed by atoms with Crippen LogP contribution >= 0.6 is 0 Å². The lowest BCUT2D eigenvalue weighted by Gasteiger charge is -2.35. The van der Waals surface area contributed by atoms with Gasteiger partial charge in [0.1, 0.15) is 23.7 Å². The minimum absolute atomic E-state index is 0.221. The highest BCUT2D eigenvalue weighted by molar-refractivity contribution is 5.75. The standard InChI is InChI=1S/C19H22O4/c1-14(2)19(3,18(20)21)23-17-11-9-16(10-12-17)22-13-15-7-5-4-6-8-15/h4-12,14H,13H2,1-3H3,(H,20,21)/p-1. The molecule has 0 aliphatic carbocycles. The van der Waals surface area contributed by atoms with E-state index in [1.54, 1.807) is 38.1 Å². The summed E-state index contributed by atoms with van der Waals surface area (Å²) in [6, 6.07) is 16.8. The van der Waals surface area contributed by atoms with Crippen LogP contribution in [0.3, 0.4) is 0 Å². The SMILES string of the molecule is CC(C)C(C)(Oc1ccc(OCc2ccccc2)cc1)C(=O)[O-]. The first-order chi connectivity index (χ1) is 10.9. The molecule has 0 heterocycles. The number of carbonyl (C=O) groups excluding carboxylic acids is 1. The number of carbonyl (C=O) groups is 1. The molecule has 0 N–H and O–H groups in total. The van der Waals surface area contributed by atoms with Gasteiger partial charge >= 0.3 is 0 Å². The van der Waals surface area contributed by atoms with Crippen molar-refractivity contribution in [2.75, 3.05) is 0 Å². The topological polar surface area (TPSA) is 58.6 Å². The normalized spacial score (nSPS) is 13.4. The minimum Gasteiger partial charge on any atom is -0.546 e. The van der Waals surface area contributed by atoms with Crippen LogP contribution in [0, 0.1) is 5.92 Å². The summed E-state index contributed by atoms with van der Waals surface area (Å²) in [4.78, 5) is 11.3. The van der Waals surface area contributed by atoms with Crippen LogP contribution < -0.4 is 14.6 Å². The van der Waals surface area contributed by atoms with Crippen LogP contribution in [-0.2, 0) is 11.4 Å². The Labute approximate surface area is 136 Å². The van der Waals surface area contributed by atoms with Crippen molar-refractivity contribution in [3.63, 3.8) is 0 Å². The van der Waals surface area contributed by atoms with Gasteiger partial charge in [-0.15, -0.1) is 0 Å². The largest absolute Gasteiger partial charge is 0.546 e. The molecule has 0 fully saturated rings. The summed E-state index contributed by atoms with van der Waals surface area (Å²) in [7, 11) is 0. The molecule has 0 aliphatic rings. The fourth-order valence-corrected chi connectivity index (χ4v) is 1.98. The van der Waals surface area contributed by atoms with Crippen LogP contribution in [0.5, 0.6) is 11.5 Å². The average molecular weight is 313 g/mol. The Morgan fingerprint density at radius 3 is 2.13 bits per heavy atom. The van der Waals surface area contributed by atoms with E-state index < -0.39 is 11.6 Å². The molecule has 1 unspecified atom stereocenters. The fourth-order valence-electron chi connectivity index (χ4n) is 1.98. The molecule has 2 rings (SSSR count). The van der Waals surface area contributed by atoms with E-state index in [0.29, 0.717) is 18.1 Å². The first-order valence-electron chi connectivity index (χ1n) is 7.59. The molecule has 0 saturated carbocycles. The van der Waals surface area contributed by atoms with Gasteiger partial charge in [0.05, 0.1) is 5.97 Å². The van der Waals surface area contributed by atoms with Crippen LogP contribution in [0.4, 0.5) is 0 Å². The van der Waals surface area contributed by atoms with Gasteiger partial charge in [0, 0.05) is 0 Å². The summed E-state index contributed by atoms with van der Waals surface area (Å²) in [5.74, 6) is -0.281. The fraction of sp³-hybridized carbons (Fsp3) is 0.316. The van der Waals surface area contributed by atoms with E-state index in [-0.39, 0.29) is 5.92 Å². The summed E-state index contributed by atoms with van der Waals surface area (Å²) >= 11 is 0. The molecule has 23 heavy (non-hydrogen) atoms. The Kier molecular flexibility index (Phi) is 5.27. The van der Waals surface area contributed by atoms with Crippen LogP contribution in [0.2, 0.25) is 0 Å². The van der Waals surface area contributed by atoms with Gasteiger partial charge in [-0.3, -0.25) is 0 Å². The van der Waals surface area contributed by atoms with Crippen molar-refractivity contribution in [2.45, 2.75) is 33.0 Å². The zero-order chi connectivity index (χ0) is 16.9. The van der Waals surface area contributed by atoms with Gasteiger partial charge in [-0.05, 0) is 42.7 Å². The number of benzene rings is 2. The van der Waals surface area contributed by atoms with E-state index in [0.717, 1.165) is 5.56 Å². The van der Waals surface area contributed by atoms with Crippen molar-refractivity contribution < 1.29 is 19.4 Å². The Morgan fingerprint density at radius 2 is 1.61 bits per heavy atom. The molecule has 0 spiro atoms. The maximum atomic E-state index is 11.3. The molecule has 0 bridgehead atoms. The quantitative estimate of drug-likeness (QED) is 0.788. The van der Waals surface area contributed by atoms with Gasteiger partial charge in [-0.2, -0.15) is 0 Å². The molecule has 122 valence electrons. The van der Waals surface area contributed by atoms with Crippen molar-refractivity contribution in [3.05, 3.63) is 60.2 Å². The Bertz CT molecular complexity index is 634. The van der Waals surface area contributed by atoms with Crippen molar-refractivity contribution >= 4 is 5.97 Å². The summed E-state index contributed by atoms with van der Waals surface area (Å²) in [5.41, 5.74) is -0.288. The van der Waals surface area contributed by atoms with E-state index in [9.17, 15) is 9.90 Å². The lowest BCUT2D eigenvalue weighted by Crippen LogP contribution is -2.54. The van der Waals surface area contributed by atoms with Gasteiger partial charge in [0.15, 0.2) is 0 Å². The number of aliphatic carboxylic acids is 1. The molecule has 0 radical (unpaired) electrons. The van der Waals surface area contributed by atoms with Crippen LogP contribution in [-0.4, -0.2) is 11.6 Å². The van der Waals surface area contributed by atoms with E-state index in [1.807, 2.05) is 30.3 Å². The zero-order valence-corrected chi connectivity index (χ0v) is 13.6. The molecule has 2 aromatic carbocycles. The molecule has 4 heteroatoms. The third-order valence-corrected chi connectivity index (χ3v) is 3.91. The monoisotopic (exact) mass is 313 g/mol. The van der Waals surface area contributed by atoms with Gasteiger partial charge in [0.2, 0.25) is 0 Å². The first kappa shape index (κ1) is 16.9. The number of carboxylic acid groups (broad SMARTS) is 1. The van der Waals surface area contributed by atoms with E-state index >= 15 is 0 Å². The number of hydrogen-bond donors (Lipinski definition) is 0. The second kappa shape index (κ2) is 7.18. The van der Waals surface area contributed by atoms with E-state index in [2.05, 4.69) is 0 Å². The highest BCUT2D eigenvalue weighted by atomic mass is 16.5. The second-order valence-electron chi connectivity index (χ2n) is 5.90. The average Bonchev–Trinajstić information content (AvgIpc) is 2.54. The van der Waals surface area contributed by atoms with Crippen molar-refractivity contribution in [1.82, 2.24) is 0 Å². The Morgan fingerprint density at radius 1 is 1.04 bits per heavy atom.